The van der Waals surface area contributed by atoms with Gasteiger partial charge in [0.15, 0.2) is 0 Å². The van der Waals surface area contributed by atoms with E-state index in [1.54, 1.807) is 0 Å². The number of amides is 1. The molecule has 3 rings (SSSR count). The van der Waals surface area contributed by atoms with Gasteiger partial charge in [-0.15, -0.1) is 0 Å². The summed E-state index contributed by atoms with van der Waals surface area (Å²) in [6, 6.07) is 16.9. The average Bonchev–Trinajstić information content (AvgIpc) is 2.54. The first-order valence-electron chi connectivity index (χ1n) is 7.12. The van der Waals surface area contributed by atoms with Gasteiger partial charge in [0.2, 0.25) is 5.56 Å². The summed E-state index contributed by atoms with van der Waals surface area (Å²) in [5.74, 6) is -0.211. The third-order valence-electron chi connectivity index (χ3n) is 3.68. The molecule has 1 heterocycles. The van der Waals surface area contributed by atoms with Crippen molar-refractivity contribution in [3.05, 3.63) is 82.3 Å². The molecule has 2 aromatic carbocycles. The van der Waals surface area contributed by atoms with Crippen LogP contribution in [-0.4, -0.2) is 10.9 Å². The van der Waals surface area contributed by atoms with Gasteiger partial charge in [-0.25, -0.2) is 0 Å². The van der Waals surface area contributed by atoms with Gasteiger partial charge in [0.1, 0.15) is 0 Å². The number of H-pyrrole nitrogens is 1. The Hall–Kier alpha value is -2.88. The van der Waals surface area contributed by atoms with Crippen LogP contribution in [0.25, 0.3) is 10.8 Å². The first-order valence-corrected chi connectivity index (χ1v) is 7.12. The zero-order valence-corrected chi connectivity index (χ0v) is 12.2. The number of pyridine rings is 1. The van der Waals surface area contributed by atoms with E-state index in [9.17, 15) is 9.59 Å². The molecule has 1 atom stereocenters. The molecular weight excluding hydrogens is 276 g/mol. The lowest BCUT2D eigenvalue weighted by atomic mass is 9.99. The zero-order chi connectivity index (χ0) is 15.5. The molecule has 1 unspecified atom stereocenters. The molecule has 0 fully saturated rings. The normalized spacial score (nSPS) is 12.0. The van der Waals surface area contributed by atoms with Gasteiger partial charge in [0.25, 0.3) is 5.91 Å². The smallest absolute Gasteiger partial charge is 0.253 e. The van der Waals surface area contributed by atoms with Crippen LogP contribution >= 0.6 is 0 Å². The fraction of sp³-hybridized carbons (Fsp3) is 0.111. The van der Waals surface area contributed by atoms with Crippen molar-refractivity contribution in [1.82, 2.24) is 10.3 Å². The number of fused-ring (bicyclic) bond motifs is 1. The number of carbonyl (C=O) groups is 1. The maximum absolute atomic E-state index is 12.2. The van der Waals surface area contributed by atoms with E-state index in [0.29, 0.717) is 5.56 Å². The van der Waals surface area contributed by atoms with Crippen LogP contribution in [-0.2, 0) is 0 Å². The molecular formula is C18H16N2O2. The molecule has 0 aliphatic heterocycles. The van der Waals surface area contributed by atoms with E-state index in [4.69, 9.17) is 0 Å². The largest absolute Gasteiger partial charge is 0.345 e. The van der Waals surface area contributed by atoms with Crippen LogP contribution in [0.3, 0.4) is 0 Å². The molecule has 0 saturated carbocycles. The van der Waals surface area contributed by atoms with Gasteiger partial charge < -0.3 is 10.3 Å². The fourth-order valence-electron chi connectivity index (χ4n) is 2.54. The molecule has 4 heteroatoms. The monoisotopic (exact) mass is 292 g/mol. The van der Waals surface area contributed by atoms with Gasteiger partial charge in [-0.1, -0.05) is 42.5 Å². The maximum Gasteiger partial charge on any atom is 0.253 e. The highest BCUT2D eigenvalue weighted by atomic mass is 16.2. The van der Waals surface area contributed by atoms with Crippen LogP contribution in [0, 0.1) is 0 Å². The number of rotatable bonds is 3. The van der Waals surface area contributed by atoms with Crippen molar-refractivity contribution < 1.29 is 4.79 Å². The molecule has 0 radical (unpaired) electrons. The molecule has 0 spiro atoms. The van der Waals surface area contributed by atoms with Gasteiger partial charge in [-0.3, -0.25) is 9.59 Å². The Balaban J connectivity index is 1.87. The molecule has 1 amide bonds. The fourth-order valence-corrected chi connectivity index (χ4v) is 2.54. The average molecular weight is 292 g/mol. The third kappa shape index (κ3) is 2.76. The standard InChI is InChI=1S/C18H16N2O2/c1-12(20-18(22)14-9-10-17(21)19-11-14)15-8-4-6-13-5-2-3-7-16(13)15/h2-12H,1H3,(H,19,21)(H,20,22). The lowest BCUT2D eigenvalue weighted by Gasteiger charge is -2.16. The Kier molecular flexibility index (Phi) is 3.74. The minimum Gasteiger partial charge on any atom is -0.345 e. The summed E-state index contributed by atoms with van der Waals surface area (Å²) >= 11 is 0. The van der Waals surface area contributed by atoms with E-state index in [1.807, 2.05) is 37.3 Å². The summed E-state index contributed by atoms with van der Waals surface area (Å²) in [7, 11) is 0. The second-order valence-corrected chi connectivity index (χ2v) is 5.21. The van der Waals surface area contributed by atoms with Crippen molar-refractivity contribution in [2.24, 2.45) is 0 Å². The van der Waals surface area contributed by atoms with Gasteiger partial charge in [-0.2, -0.15) is 0 Å². The van der Waals surface area contributed by atoms with Crippen molar-refractivity contribution in [1.29, 1.82) is 0 Å². The summed E-state index contributed by atoms with van der Waals surface area (Å²) in [6.45, 7) is 1.95. The highest BCUT2D eigenvalue weighted by Crippen LogP contribution is 2.24. The zero-order valence-electron chi connectivity index (χ0n) is 12.2. The number of hydrogen-bond acceptors (Lipinski definition) is 2. The van der Waals surface area contributed by atoms with Crippen molar-refractivity contribution in [3.8, 4) is 0 Å². The lowest BCUT2D eigenvalue weighted by molar-refractivity contribution is 0.0939. The number of aromatic nitrogens is 1. The number of aromatic amines is 1. The summed E-state index contributed by atoms with van der Waals surface area (Å²) in [4.78, 5) is 25.8. The van der Waals surface area contributed by atoms with Crippen molar-refractivity contribution in [2.45, 2.75) is 13.0 Å². The second-order valence-electron chi connectivity index (χ2n) is 5.21. The quantitative estimate of drug-likeness (QED) is 0.779. The Labute approximate surface area is 127 Å². The molecule has 0 aliphatic carbocycles. The van der Waals surface area contributed by atoms with E-state index in [1.165, 1.54) is 18.3 Å². The Bertz CT molecular complexity index is 858. The number of carbonyl (C=O) groups excluding carboxylic acids is 1. The first-order chi connectivity index (χ1) is 10.6. The van der Waals surface area contributed by atoms with Crippen LogP contribution in [0.4, 0.5) is 0 Å². The van der Waals surface area contributed by atoms with Gasteiger partial charge >= 0.3 is 0 Å². The molecule has 22 heavy (non-hydrogen) atoms. The third-order valence-corrected chi connectivity index (χ3v) is 3.68. The van der Waals surface area contributed by atoms with Gasteiger partial charge in [0.05, 0.1) is 11.6 Å². The molecule has 1 aromatic heterocycles. The number of nitrogens with one attached hydrogen (secondary N) is 2. The number of hydrogen-bond donors (Lipinski definition) is 2. The highest BCUT2D eigenvalue weighted by Gasteiger charge is 2.13. The summed E-state index contributed by atoms with van der Waals surface area (Å²) < 4.78 is 0. The maximum atomic E-state index is 12.2. The van der Waals surface area contributed by atoms with Crippen LogP contribution in [0.15, 0.2) is 65.6 Å². The van der Waals surface area contributed by atoms with Crippen LogP contribution in [0.2, 0.25) is 0 Å². The van der Waals surface area contributed by atoms with Crippen molar-refractivity contribution >= 4 is 16.7 Å². The predicted octanol–water partition coefficient (Wildman–Crippen LogP) is 3.02. The summed E-state index contributed by atoms with van der Waals surface area (Å²) in [6.07, 6.45) is 1.42. The van der Waals surface area contributed by atoms with Crippen LogP contribution < -0.4 is 10.9 Å². The number of benzene rings is 2. The second kappa shape index (κ2) is 5.85. The van der Waals surface area contributed by atoms with Crippen molar-refractivity contribution in [2.75, 3.05) is 0 Å². The highest BCUT2D eigenvalue weighted by molar-refractivity contribution is 5.94. The van der Waals surface area contributed by atoms with Crippen LogP contribution in [0.5, 0.6) is 0 Å². The molecule has 2 N–H and O–H groups in total. The molecule has 0 aliphatic rings. The Morgan fingerprint density at radius 3 is 2.59 bits per heavy atom. The summed E-state index contributed by atoms with van der Waals surface area (Å²) in [5, 5.41) is 5.23. The topological polar surface area (TPSA) is 62.0 Å². The molecule has 0 bridgehead atoms. The van der Waals surface area contributed by atoms with E-state index in [0.717, 1.165) is 16.3 Å². The van der Waals surface area contributed by atoms with E-state index in [2.05, 4.69) is 22.4 Å². The SMILES string of the molecule is CC(NC(=O)c1ccc(=O)[nH]c1)c1cccc2ccccc12. The van der Waals surface area contributed by atoms with Gasteiger partial charge in [-0.05, 0) is 29.3 Å². The van der Waals surface area contributed by atoms with E-state index >= 15 is 0 Å². The Morgan fingerprint density at radius 1 is 1.05 bits per heavy atom. The summed E-state index contributed by atoms with van der Waals surface area (Å²) in [5.41, 5.74) is 1.28. The molecule has 0 saturated heterocycles. The Morgan fingerprint density at radius 2 is 1.82 bits per heavy atom. The predicted molar refractivity (Wildman–Crippen MR) is 86.9 cm³/mol. The minimum atomic E-state index is -0.223. The van der Waals surface area contributed by atoms with Crippen LogP contribution in [0.1, 0.15) is 28.9 Å². The minimum absolute atomic E-state index is 0.134. The molecule has 4 nitrogen and oxygen atoms in total. The van der Waals surface area contributed by atoms with Crippen molar-refractivity contribution in [3.63, 3.8) is 0 Å². The first kappa shape index (κ1) is 14.1. The van der Waals surface area contributed by atoms with E-state index in [-0.39, 0.29) is 17.5 Å². The lowest BCUT2D eigenvalue weighted by Crippen LogP contribution is -2.27. The van der Waals surface area contributed by atoms with Gasteiger partial charge in [0, 0.05) is 12.3 Å². The molecule has 3 aromatic rings. The molecule has 110 valence electrons. The van der Waals surface area contributed by atoms with E-state index < -0.39 is 0 Å².